The number of carbonyl (C=O) groups is 1. The summed E-state index contributed by atoms with van der Waals surface area (Å²) in [5, 5.41) is 4.21. The molecule has 0 saturated carbocycles. The van der Waals surface area contributed by atoms with E-state index >= 15 is 0 Å². The molecule has 1 fully saturated rings. The van der Waals surface area contributed by atoms with Crippen molar-refractivity contribution in [3.63, 3.8) is 0 Å². The molecule has 7 nitrogen and oxygen atoms in total. The van der Waals surface area contributed by atoms with E-state index in [0.717, 1.165) is 23.2 Å². The largest absolute Gasteiger partial charge is 0.312 e. The van der Waals surface area contributed by atoms with Crippen LogP contribution in [-0.4, -0.2) is 30.7 Å². The Balaban J connectivity index is 1.46. The third kappa shape index (κ3) is 4.38. The lowest BCUT2D eigenvalue weighted by Crippen LogP contribution is -2.25. The van der Waals surface area contributed by atoms with Gasteiger partial charge in [0.15, 0.2) is 0 Å². The lowest BCUT2D eigenvalue weighted by Gasteiger charge is -2.16. The molecule has 1 aromatic heterocycles. The minimum Gasteiger partial charge on any atom is -0.312 e. The Hall–Kier alpha value is -2.97. The maximum atomic E-state index is 12.7. The van der Waals surface area contributed by atoms with Gasteiger partial charge in [-0.25, -0.2) is 13.1 Å². The third-order valence-corrected chi connectivity index (χ3v) is 6.41. The summed E-state index contributed by atoms with van der Waals surface area (Å²) >= 11 is 0. The molecule has 1 aliphatic heterocycles. The second-order valence-corrected chi connectivity index (χ2v) is 8.71. The highest BCUT2D eigenvalue weighted by atomic mass is 32.2. The summed E-state index contributed by atoms with van der Waals surface area (Å²) in [5.41, 5.74) is 2.63. The van der Waals surface area contributed by atoms with Gasteiger partial charge in [0.05, 0.1) is 11.4 Å². The molecule has 4 rings (SSSR count). The summed E-state index contributed by atoms with van der Waals surface area (Å²) in [5.74, 6) is 0.0764. The molecule has 0 atom stereocenters. The Morgan fingerprint density at radius 3 is 2.41 bits per heavy atom. The van der Waals surface area contributed by atoms with E-state index in [1.807, 2.05) is 36.5 Å². The maximum absolute atomic E-state index is 12.7. The Labute approximate surface area is 170 Å². The number of aromatic nitrogens is 2. The average molecular weight is 410 g/mol. The molecule has 150 valence electrons. The summed E-state index contributed by atoms with van der Waals surface area (Å²) in [6.07, 6.45) is 4.95. The molecule has 0 spiro atoms. The van der Waals surface area contributed by atoms with Gasteiger partial charge < -0.3 is 4.90 Å². The van der Waals surface area contributed by atoms with Gasteiger partial charge in [-0.1, -0.05) is 24.3 Å². The van der Waals surface area contributed by atoms with Gasteiger partial charge in [0.2, 0.25) is 15.9 Å². The van der Waals surface area contributed by atoms with Crippen molar-refractivity contribution in [3.05, 3.63) is 78.1 Å². The fourth-order valence-corrected chi connectivity index (χ4v) is 4.44. The standard InChI is InChI=1S/C21H22N4O3S/c26-21-7-3-14-25(21)19-8-10-20(11-9-19)29(27,28)23-15-17-5-1-2-6-18(17)16-24-13-4-12-22-24/h1-2,4-6,8-13,23H,3,7,14-16H2. The van der Waals surface area contributed by atoms with Crippen molar-refractivity contribution in [1.82, 2.24) is 14.5 Å². The first-order chi connectivity index (χ1) is 14.0. The number of carbonyl (C=O) groups excluding carboxylic acids is 1. The van der Waals surface area contributed by atoms with Gasteiger partial charge in [0.25, 0.3) is 0 Å². The predicted molar refractivity (Wildman–Crippen MR) is 110 cm³/mol. The smallest absolute Gasteiger partial charge is 0.240 e. The zero-order chi connectivity index (χ0) is 20.3. The number of amides is 1. The fourth-order valence-electron chi connectivity index (χ4n) is 3.44. The van der Waals surface area contributed by atoms with Crippen LogP contribution in [0.5, 0.6) is 0 Å². The number of nitrogens with one attached hydrogen (secondary N) is 1. The zero-order valence-electron chi connectivity index (χ0n) is 15.9. The average Bonchev–Trinajstić information content (AvgIpc) is 3.39. The quantitative estimate of drug-likeness (QED) is 0.649. The van der Waals surface area contributed by atoms with E-state index in [1.54, 1.807) is 40.0 Å². The summed E-state index contributed by atoms with van der Waals surface area (Å²) in [6, 6.07) is 16.0. The molecule has 2 heterocycles. The van der Waals surface area contributed by atoms with E-state index < -0.39 is 10.0 Å². The normalized spacial score (nSPS) is 14.5. The number of sulfonamides is 1. The van der Waals surface area contributed by atoms with Gasteiger partial charge in [-0.2, -0.15) is 5.10 Å². The van der Waals surface area contributed by atoms with Crippen LogP contribution in [0.15, 0.2) is 71.9 Å². The van der Waals surface area contributed by atoms with E-state index in [9.17, 15) is 13.2 Å². The molecule has 29 heavy (non-hydrogen) atoms. The second-order valence-electron chi connectivity index (χ2n) is 6.94. The van der Waals surface area contributed by atoms with Gasteiger partial charge in [0.1, 0.15) is 0 Å². The molecule has 0 bridgehead atoms. The monoisotopic (exact) mass is 410 g/mol. The minimum absolute atomic E-state index is 0.0764. The first-order valence-corrected chi connectivity index (χ1v) is 11.0. The maximum Gasteiger partial charge on any atom is 0.240 e. The number of benzene rings is 2. The molecule has 1 amide bonds. The van der Waals surface area contributed by atoms with E-state index in [2.05, 4.69) is 9.82 Å². The molecular weight excluding hydrogens is 388 g/mol. The van der Waals surface area contributed by atoms with Crippen molar-refractivity contribution in [2.75, 3.05) is 11.4 Å². The molecule has 1 saturated heterocycles. The first kappa shape index (κ1) is 19.4. The van der Waals surface area contributed by atoms with Crippen LogP contribution in [0.4, 0.5) is 5.69 Å². The van der Waals surface area contributed by atoms with Crippen molar-refractivity contribution >= 4 is 21.6 Å². The molecule has 0 unspecified atom stereocenters. The molecular formula is C21H22N4O3S. The van der Waals surface area contributed by atoms with Crippen molar-refractivity contribution in [3.8, 4) is 0 Å². The number of hydrogen-bond donors (Lipinski definition) is 1. The summed E-state index contributed by atoms with van der Waals surface area (Å²) < 4.78 is 29.9. The van der Waals surface area contributed by atoms with Gasteiger partial charge in [-0.05, 0) is 47.9 Å². The van der Waals surface area contributed by atoms with Gasteiger partial charge in [-0.15, -0.1) is 0 Å². The van der Waals surface area contributed by atoms with Crippen LogP contribution in [-0.2, 0) is 27.9 Å². The molecule has 1 aliphatic rings. The minimum atomic E-state index is -3.67. The van der Waals surface area contributed by atoms with Crippen LogP contribution in [0.1, 0.15) is 24.0 Å². The fraction of sp³-hybridized carbons (Fsp3) is 0.238. The Kier molecular flexibility index (Phi) is 5.46. The molecule has 2 aromatic carbocycles. The topological polar surface area (TPSA) is 84.3 Å². The van der Waals surface area contributed by atoms with Crippen molar-refractivity contribution < 1.29 is 13.2 Å². The lowest BCUT2D eigenvalue weighted by atomic mass is 10.1. The summed E-state index contributed by atoms with van der Waals surface area (Å²) in [6.45, 7) is 1.44. The van der Waals surface area contributed by atoms with Gasteiger partial charge in [0, 0.05) is 37.6 Å². The van der Waals surface area contributed by atoms with Crippen molar-refractivity contribution in [2.24, 2.45) is 0 Å². The van der Waals surface area contributed by atoms with Gasteiger partial charge in [-0.3, -0.25) is 9.48 Å². The highest BCUT2D eigenvalue weighted by Gasteiger charge is 2.22. The zero-order valence-corrected chi connectivity index (χ0v) is 16.7. The van der Waals surface area contributed by atoms with E-state index in [-0.39, 0.29) is 17.3 Å². The van der Waals surface area contributed by atoms with Crippen molar-refractivity contribution in [2.45, 2.75) is 30.8 Å². The van der Waals surface area contributed by atoms with Crippen LogP contribution >= 0.6 is 0 Å². The van der Waals surface area contributed by atoms with E-state index in [0.29, 0.717) is 19.5 Å². The van der Waals surface area contributed by atoms with Gasteiger partial charge >= 0.3 is 0 Å². The Morgan fingerprint density at radius 2 is 1.76 bits per heavy atom. The number of anilines is 1. The lowest BCUT2D eigenvalue weighted by molar-refractivity contribution is -0.117. The van der Waals surface area contributed by atoms with Crippen LogP contribution in [0.3, 0.4) is 0 Å². The Bertz CT molecular complexity index is 1090. The summed E-state index contributed by atoms with van der Waals surface area (Å²) in [7, 11) is -3.67. The second kappa shape index (κ2) is 8.18. The summed E-state index contributed by atoms with van der Waals surface area (Å²) in [4.78, 5) is 13.7. The SMILES string of the molecule is O=C1CCCN1c1ccc(S(=O)(=O)NCc2ccccc2Cn2cccn2)cc1. The predicted octanol–water partition coefficient (Wildman–Crippen LogP) is 2.54. The molecule has 0 radical (unpaired) electrons. The van der Waals surface area contributed by atoms with Crippen LogP contribution < -0.4 is 9.62 Å². The number of nitrogens with zero attached hydrogens (tertiary/aromatic N) is 3. The van der Waals surface area contributed by atoms with Crippen molar-refractivity contribution in [1.29, 1.82) is 0 Å². The molecule has 1 N–H and O–H groups in total. The highest BCUT2D eigenvalue weighted by Crippen LogP contribution is 2.23. The van der Waals surface area contributed by atoms with E-state index in [1.165, 1.54) is 0 Å². The van der Waals surface area contributed by atoms with Crippen LogP contribution in [0.25, 0.3) is 0 Å². The molecule has 8 heteroatoms. The highest BCUT2D eigenvalue weighted by molar-refractivity contribution is 7.89. The van der Waals surface area contributed by atoms with Crippen LogP contribution in [0, 0.1) is 0 Å². The van der Waals surface area contributed by atoms with E-state index in [4.69, 9.17) is 0 Å². The van der Waals surface area contributed by atoms with Crippen LogP contribution in [0.2, 0.25) is 0 Å². The number of rotatable bonds is 7. The first-order valence-electron chi connectivity index (χ1n) is 9.47. The third-order valence-electron chi connectivity index (χ3n) is 4.99. The molecule has 0 aliphatic carbocycles. The Morgan fingerprint density at radius 1 is 1.00 bits per heavy atom. The number of hydrogen-bond acceptors (Lipinski definition) is 4. The molecule has 3 aromatic rings.